The van der Waals surface area contributed by atoms with Gasteiger partial charge in [-0.2, -0.15) is 0 Å². The van der Waals surface area contributed by atoms with Gasteiger partial charge in [-0.25, -0.2) is 0 Å². The van der Waals surface area contributed by atoms with Crippen molar-refractivity contribution in [1.29, 1.82) is 0 Å². The molecule has 0 radical (unpaired) electrons. The fraction of sp³-hybridized carbons (Fsp3) is 0. The van der Waals surface area contributed by atoms with Gasteiger partial charge in [-0.05, 0) is 106 Å². The molecule has 10 rings (SSSR count). The maximum absolute atomic E-state index is 9.85. The second kappa shape index (κ2) is 9.29. The van der Waals surface area contributed by atoms with Gasteiger partial charge < -0.3 is 4.42 Å². The first-order valence-corrected chi connectivity index (χ1v) is 13.4. The molecule has 208 valence electrons. The maximum atomic E-state index is 9.85. The van der Waals surface area contributed by atoms with E-state index in [1.165, 1.54) is 0 Å². The average molecular weight is 597 g/mol. The van der Waals surface area contributed by atoms with Crippen LogP contribution in [-0.4, -0.2) is 0 Å². The van der Waals surface area contributed by atoms with Crippen molar-refractivity contribution in [3.63, 3.8) is 0 Å². The fourth-order valence-corrected chi connectivity index (χ4v) is 5.77. The first kappa shape index (κ1) is 10.3. The standard InChI is InChI=1S/C44H26O/c1-2-12-28-26-42-39(23-27(28)11-1)38-25-30(21-22-41(38)45-42)43-34-17-7-9-19-36(34)44(37-20-10-8-18-35(37)43)40-24-29-13-3-4-14-31(29)32-15-5-6-16-33(32)40/h1-26H/i1D,2D,3D,4D,5D,6D,7D,8D,9D,10D,11D,12D,13D,14D,15D,16D,17D,18D,19D,20D,21D,22D,23D,24D,25D,26D. The molecule has 0 unspecified atom stereocenters. The van der Waals surface area contributed by atoms with Gasteiger partial charge in [0, 0.05) is 10.8 Å². The third kappa shape index (κ3) is 3.56. The predicted molar refractivity (Wildman–Crippen MR) is 192 cm³/mol. The average Bonchev–Trinajstić information content (AvgIpc) is 3.76. The number of hydrogen-bond donors (Lipinski definition) is 0. The van der Waals surface area contributed by atoms with Crippen molar-refractivity contribution in [2.45, 2.75) is 0 Å². The third-order valence-corrected chi connectivity index (χ3v) is 7.64. The number of fused-ring (bicyclic) bond motifs is 9. The van der Waals surface area contributed by atoms with Crippen LogP contribution in [0.4, 0.5) is 0 Å². The summed E-state index contributed by atoms with van der Waals surface area (Å²) in [7, 11) is 0. The highest BCUT2D eigenvalue weighted by Crippen LogP contribution is 2.47. The number of furan rings is 1. The molecule has 0 aliphatic carbocycles. The van der Waals surface area contributed by atoms with Crippen molar-refractivity contribution in [2.75, 3.05) is 0 Å². The molecular weight excluding hydrogens is 544 g/mol. The summed E-state index contributed by atoms with van der Waals surface area (Å²) in [5, 5.41) is -7.12. The molecule has 0 saturated heterocycles. The Morgan fingerprint density at radius 1 is 0.333 bits per heavy atom. The van der Waals surface area contributed by atoms with Gasteiger partial charge in [-0.15, -0.1) is 0 Å². The summed E-state index contributed by atoms with van der Waals surface area (Å²) in [6.07, 6.45) is 0. The van der Waals surface area contributed by atoms with Gasteiger partial charge in [-0.1, -0.05) is 127 Å². The van der Waals surface area contributed by atoms with E-state index in [9.17, 15) is 13.7 Å². The van der Waals surface area contributed by atoms with E-state index in [1.807, 2.05) is 0 Å². The monoisotopic (exact) mass is 596 g/mol. The van der Waals surface area contributed by atoms with E-state index >= 15 is 0 Å². The minimum atomic E-state index is -0.984. The molecule has 0 spiro atoms. The highest BCUT2D eigenvalue weighted by molar-refractivity contribution is 6.26. The van der Waals surface area contributed by atoms with E-state index in [4.69, 9.17) is 26.3 Å². The van der Waals surface area contributed by atoms with Gasteiger partial charge in [0.1, 0.15) is 11.2 Å². The van der Waals surface area contributed by atoms with Gasteiger partial charge in [0.25, 0.3) is 0 Å². The van der Waals surface area contributed by atoms with Crippen LogP contribution in [0.2, 0.25) is 0 Å². The van der Waals surface area contributed by atoms with Crippen molar-refractivity contribution >= 4 is 75.8 Å². The van der Waals surface area contributed by atoms with Crippen LogP contribution in [0, 0.1) is 0 Å². The second-order valence-corrected chi connectivity index (χ2v) is 10.0. The van der Waals surface area contributed by atoms with Crippen LogP contribution in [-0.2, 0) is 0 Å². The number of hydrogen-bond acceptors (Lipinski definition) is 1. The van der Waals surface area contributed by atoms with Crippen LogP contribution >= 0.6 is 0 Å². The van der Waals surface area contributed by atoms with E-state index in [-0.39, 0.29) is 0 Å². The smallest absolute Gasteiger partial charge is 0.136 e. The van der Waals surface area contributed by atoms with E-state index in [1.54, 1.807) is 0 Å². The first-order valence-electron chi connectivity index (χ1n) is 26.4. The SMILES string of the molecule is [2H]c1c(-c2c3c([2H])c([2H])c([2H])c([2H])c3c(-c3c([2H])c4c([2H])c([2H])c([2H])c([2H])c4c4c([2H])c([2H])c([2H])c([2H])c34)c3c([2H])c([2H])c([2H])c([2H])c23)c([2H])c2c(oc3c([2H])c4c([2H])c([2H])c([2H])c([2H])c4c([2H])c32)c1[2H]. The van der Waals surface area contributed by atoms with Crippen LogP contribution in [0.3, 0.4) is 0 Å². The molecule has 1 heterocycles. The van der Waals surface area contributed by atoms with Gasteiger partial charge >= 0.3 is 0 Å². The summed E-state index contributed by atoms with van der Waals surface area (Å²) >= 11 is 0. The Kier molecular flexibility index (Phi) is 2.13. The Morgan fingerprint density at radius 2 is 0.844 bits per heavy atom. The molecule has 0 saturated carbocycles. The lowest BCUT2D eigenvalue weighted by molar-refractivity contribution is 0.669. The molecular formula is C44H26O. The zero-order chi connectivity index (χ0) is 52.1. The normalized spacial score (nSPS) is 20.1. The molecule has 0 atom stereocenters. The molecule has 10 aromatic rings. The largest absolute Gasteiger partial charge is 0.456 e. The molecule has 9 aromatic carbocycles. The van der Waals surface area contributed by atoms with Crippen molar-refractivity contribution < 1.29 is 40.1 Å². The molecule has 0 amide bonds. The Morgan fingerprint density at radius 3 is 1.53 bits per heavy atom. The minimum Gasteiger partial charge on any atom is -0.456 e. The summed E-state index contributed by atoms with van der Waals surface area (Å²) in [4.78, 5) is 0. The Bertz CT molecular complexity index is 4210. The molecule has 0 N–H and O–H groups in total. The summed E-state index contributed by atoms with van der Waals surface area (Å²) < 4.78 is 241. The van der Waals surface area contributed by atoms with Crippen LogP contribution in [0.1, 0.15) is 35.6 Å². The summed E-state index contributed by atoms with van der Waals surface area (Å²) in [5.74, 6) is 0. The fourth-order valence-electron chi connectivity index (χ4n) is 5.77. The maximum Gasteiger partial charge on any atom is 0.136 e. The van der Waals surface area contributed by atoms with E-state index in [2.05, 4.69) is 0 Å². The van der Waals surface area contributed by atoms with Crippen LogP contribution in [0.25, 0.3) is 98.1 Å². The lowest BCUT2D eigenvalue weighted by Gasteiger charge is -2.19. The molecule has 0 aliphatic heterocycles. The Hall–Kier alpha value is -5.92. The van der Waals surface area contributed by atoms with Crippen molar-refractivity contribution in [3.05, 3.63) is 157 Å². The van der Waals surface area contributed by atoms with Gasteiger partial charge in [0.15, 0.2) is 0 Å². The quantitative estimate of drug-likeness (QED) is 0.143. The molecule has 45 heavy (non-hydrogen) atoms. The zero-order valence-corrected chi connectivity index (χ0v) is 22.4. The van der Waals surface area contributed by atoms with Crippen molar-refractivity contribution in [2.24, 2.45) is 0 Å². The van der Waals surface area contributed by atoms with Crippen molar-refractivity contribution in [3.8, 4) is 22.3 Å². The van der Waals surface area contributed by atoms with E-state index < -0.39 is 255 Å². The first-order chi connectivity index (χ1) is 33.2. The minimum absolute atomic E-state index is 0.438. The summed E-state index contributed by atoms with van der Waals surface area (Å²) in [6.45, 7) is 0. The van der Waals surface area contributed by atoms with Crippen LogP contribution in [0.5, 0.6) is 0 Å². The van der Waals surface area contributed by atoms with Crippen LogP contribution < -0.4 is 0 Å². The summed E-state index contributed by atoms with van der Waals surface area (Å²) in [5.41, 5.74) is -4.00. The topological polar surface area (TPSA) is 13.1 Å². The molecule has 0 aliphatic rings. The number of rotatable bonds is 2. The highest BCUT2D eigenvalue weighted by Gasteiger charge is 2.20. The highest BCUT2D eigenvalue weighted by atomic mass is 16.3. The molecule has 1 aromatic heterocycles. The predicted octanol–water partition coefficient (Wildman–Crippen LogP) is 12.7. The molecule has 1 heteroatoms. The second-order valence-electron chi connectivity index (χ2n) is 10.0. The molecule has 0 fully saturated rings. The molecule has 0 bridgehead atoms. The van der Waals surface area contributed by atoms with Gasteiger partial charge in [0.2, 0.25) is 0 Å². The lowest BCUT2D eigenvalue weighted by atomic mass is 9.83. The summed E-state index contributed by atoms with van der Waals surface area (Å²) in [6, 6.07) is -22.8. The van der Waals surface area contributed by atoms with Gasteiger partial charge in [-0.3, -0.25) is 0 Å². The van der Waals surface area contributed by atoms with Crippen LogP contribution in [0.15, 0.2) is 162 Å². The van der Waals surface area contributed by atoms with Crippen molar-refractivity contribution in [1.82, 2.24) is 0 Å². The Balaban J connectivity index is 1.56. The van der Waals surface area contributed by atoms with Gasteiger partial charge in [0.05, 0.1) is 35.6 Å². The lowest BCUT2D eigenvalue weighted by Crippen LogP contribution is -1.92. The zero-order valence-electron chi connectivity index (χ0n) is 48.4. The van der Waals surface area contributed by atoms with E-state index in [0.717, 1.165) is 0 Å². The molecule has 1 nitrogen and oxygen atoms in total. The third-order valence-electron chi connectivity index (χ3n) is 7.64. The Labute approximate surface area is 296 Å². The number of benzene rings is 9. The van der Waals surface area contributed by atoms with E-state index in [0.29, 0.717) is 0 Å².